The Labute approximate surface area is 160 Å². The summed E-state index contributed by atoms with van der Waals surface area (Å²) in [6.45, 7) is 1.57. The van der Waals surface area contributed by atoms with Gasteiger partial charge in [0.1, 0.15) is 5.82 Å². The van der Waals surface area contributed by atoms with Gasteiger partial charge < -0.3 is 20.4 Å². The second-order valence-corrected chi connectivity index (χ2v) is 7.23. The van der Waals surface area contributed by atoms with Gasteiger partial charge in [-0.1, -0.05) is 12.1 Å². The highest BCUT2D eigenvalue weighted by Gasteiger charge is 2.19. The van der Waals surface area contributed by atoms with E-state index < -0.39 is 0 Å². The molecule has 1 aliphatic heterocycles. The number of hydrogen-bond donors (Lipinski definition) is 2. The van der Waals surface area contributed by atoms with E-state index in [1.165, 1.54) is 28.9 Å². The molecular formula is C21H27FN4O. The number of hydrogen-bond acceptors (Lipinski definition) is 3. The fourth-order valence-corrected chi connectivity index (χ4v) is 3.51. The first-order valence-corrected chi connectivity index (χ1v) is 9.25. The largest absolute Gasteiger partial charge is 0.374 e. The maximum absolute atomic E-state index is 13.0. The molecule has 2 aromatic carbocycles. The maximum atomic E-state index is 13.0. The minimum Gasteiger partial charge on any atom is -0.374 e. The molecule has 27 heavy (non-hydrogen) atoms. The van der Waals surface area contributed by atoms with Crippen LogP contribution >= 0.6 is 0 Å². The Morgan fingerprint density at radius 3 is 2.67 bits per heavy atom. The fourth-order valence-electron chi connectivity index (χ4n) is 3.51. The van der Waals surface area contributed by atoms with Crippen molar-refractivity contribution in [3.05, 3.63) is 59.4 Å². The lowest BCUT2D eigenvalue weighted by atomic mass is 9.96. The second-order valence-electron chi connectivity index (χ2n) is 7.23. The topological polar surface area (TPSA) is 47.6 Å². The van der Waals surface area contributed by atoms with Gasteiger partial charge in [-0.05, 0) is 68.4 Å². The van der Waals surface area contributed by atoms with Gasteiger partial charge in [-0.25, -0.2) is 9.18 Å². The van der Waals surface area contributed by atoms with E-state index in [2.05, 4.69) is 45.7 Å². The normalized spacial score (nSPS) is 14.6. The fraction of sp³-hybridized carbons (Fsp3) is 0.381. The minimum atomic E-state index is -0.327. The first-order chi connectivity index (χ1) is 12.9. The van der Waals surface area contributed by atoms with Crippen LogP contribution in [0, 0.1) is 5.82 Å². The zero-order valence-corrected chi connectivity index (χ0v) is 16.1. The number of likely N-dealkylation sites (N-methyl/N-ethyl adjacent to an activating group) is 1. The van der Waals surface area contributed by atoms with Crippen LogP contribution in [0.4, 0.5) is 20.6 Å². The van der Waals surface area contributed by atoms with Crippen molar-refractivity contribution in [2.24, 2.45) is 0 Å². The zero-order chi connectivity index (χ0) is 19.4. The van der Waals surface area contributed by atoms with Crippen LogP contribution < -0.4 is 15.5 Å². The summed E-state index contributed by atoms with van der Waals surface area (Å²) in [4.78, 5) is 16.6. The Bertz CT molecular complexity index is 791. The Balaban J connectivity index is 1.65. The third-order valence-corrected chi connectivity index (χ3v) is 5.02. The number of rotatable bonds is 5. The summed E-state index contributed by atoms with van der Waals surface area (Å²) >= 11 is 0. The molecule has 5 nitrogen and oxygen atoms in total. The number of aryl methyl sites for hydroxylation is 1. The summed E-state index contributed by atoms with van der Waals surface area (Å²) in [6, 6.07) is 12.1. The number of halogens is 1. The standard InChI is InChI=1S/C21H27FN4O/c1-25(2)20(14-23-21(27)24-18-9-7-17(22)8-10-18)16-6-11-19-15(13-16)5-4-12-26(19)3/h6-11,13,20H,4-5,12,14H2,1-3H3,(H2,23,24,27)/t20-/m1/s1. The maximum Gasteiger partial charge on any atom is 0.319 e. The van der Waals surface area contributed by atoms with E-state index in [9.17, 15) is 9.18 Å². The van der Waals surface area contributed by atoms with Gasteiger partial charge in [0.05, 0.1) is 6.04 Å². The Morgan fingerprint density at radius 1 is 1.22 bits per heavy atom. The highest BCUT2D eigenvalue weighted by atomic mass is 19.1. The number of nitrogens with zero attached hydrogens (tertiary/aromatic N) is 2. The molecular weight excluding hydrogens is 343 g/mol. The van der Waals surface area contributed by atoms with Gasteiger partial charge >= 0.3 is 6.03 Å². The van der Waals surface area contributed by atoms with Crippen LogP contribution in [0.25, 0.3) is 0 Å². The smallest absolute Gasteiger partial charge is 0.319 e. The van der Waals surface area contributed by atoms with E-state index >= 15 is 0 Å². The molecule has 0 radical (unpaired) electrons. The summed E-state index contributed by atoms with van der Waals surface area (Å²) < 4.78 is 13.0. The molecule has 0 aromatic heterocycles. The first-order valence-electron chi connectivity index (χ1n) is 9.25. The molecule has 0 saturated heterocycles. The molecule has 0 saturated carbocycles. The number of fused-ring (bicyclic) bond motifs is 1. The molecule has 1 atom stereocenters. The Kier molecular flexibility index (Phi) is 5.96. The predicted molar refractivity (Wildman–Crippen MR) is 108 cm³/mol. The Hall–Kier alpha value is -2.60. The summed E-state index contributed by atoms with van der Waals surface area (Å²) in [5, 5.41) is 5.65. The molecule has 0 fully saturated rings. The van der Waals surface area contributed by atoms with E-state index in [0.29, 0.717) is 12.2 Å². The van der Waals surface area contributed by atoms with Gasteiger partial charge in [0, 0.05) is 31.5 Å². The van der Waals surface area contributed by atoms with E-state index in [4.69, 9.17) is 0 Å². The number of carbonyl (C=O) groups is 1. The van der Waals surface area contributed by atoms with Crippen LogP contribution in [0.2, 0.25) is 0 Å². The van der Waals surface area contributed by atoms with Crippen molar-refractivity contribution in [3.8, 4) is 0 Å². The average Bonchev–Trinajstić information content (AvgIpc) is 2.64. The van der Waals surface area contributed by atoms with Crippen LogP contribution in [0.3, 0.4) is 0 Å². The molecule has 2 amide bonds. The highest BCUT2D eigenvalue weighted by Crippen LogP contribution is 2.29. The lowest BCUT2D eigenvalue weighted by Crippen LogP contribution is -2.37. The van der Waals surface area contributed by atoms with Gasteiger partial charge in [-0.15, -0.1) is 0 Å². The molecule has 0 spiro atoms. The van der Waals surface area contributed by atoms with Crippen molar-refractivity contribution in [1.29, 1.82) is 0 Å². The van der Waals surface area contributed by atoms with E-state index in [1.807, 2.05) is 14.1 Å². The van der Waals surface area contributed by atoms with Crippen LogP contribution in [0.15, 0.2) is 42.5 Å². The second kappa shape index (κ2) is 8.39. The lowest BCUT2D eigenvalue weighted by Gasteiger charge is -2.30. The van der Waals surface area contributed by atoms with Gasteiger partial charge in [0.2, 0.25) is 0 Å². The Morgan fingerprint density at radius 2 is 1.96 bits per heavy atom. The van der Waals surface area contributed by atoms with Crippen molar-refractivity contribution in [2.75, 3.05) is 44.4 Å². The monoisotopic (exact) mass is 370 g/mol. The number of anilines is 2. The molecule has 0 bridgehead atoms. The van der Waals surface area contributed by atoms with E-state index in [1.54, 1.807) is 12.1 Å². The molecule has 2 N–H and O–H groups in total. The van der Waals surface area contributed by atoms with E-state index in [-0.39, 0.29) is 17.9 Å². The highest BCUT2D eigenvalue weighted by molar-refractivity contribution is 5.89. The van der Waals surface area contributed by atoms with Crippen molar-refractivity contribution in [3.63, 3.8) is 0 Å². The quantitative estimate of drug-likeness (QED) is 0.845. The number of benzene rings is 2. The molecule has 1 aliphatic rings. The molecule has 3 rings (SSSR count). The lowest BCUT2D eigenvalue weighted by molar-refractivity contribution is 0.243. The van der Waals surface area contributed by atoms with Gasteiger partial charge in [0.25, 0.3) is 0 Å². The van der Waals surface area contributed by atoms with Crippen molar-refractivity contribution < 1.29 is 9.18 Å². The summed E-state index contributed by atoms with van der Waals surface area (Å²) in [5.74, 6) is -0.327. The van der Waals surface area contributed by atoms with Crippen LogP contribution in [0.1, 0.15) is 23.6 Å². The zero-order valence-electron chi connectivity index (χ0n) is 16.1. The number of urea groups is 1. The molecule has 6 heteroatoms. The number of amides is 2. The summed E-state index contributed by atoms with van der Waals surface area (Å²) in [5.41, 5.74) is 4.41. The van der Waals surface area contributed by atoms with Crippen LogP contribution in [-0.4, -0.2) is 45.2 Å². The van der Waals surface area contributed by atoms with Crippen molar-refractivity contribution in [2.45, 2.75) is 18.9 Å². The van der Waals surface area contributed by atoms with E-state index in [0.717, 1.165) is 19.4 Å². The summed E-state index contributed by atoms with van der Waals surface area (Å²) in [6.07, 6.45) is 2.25. The molecule has 0 unspecified atom stereocenters. The first kappa shape index (κ1) is 19.2. The molecule has 144 valence electrons. The predicted octanol–water partition coefficient (Wildman–Crippen LogP) is 3.63. The van der Waals surface area contributed by atoms with Gasteiger partial charge in [-0.3, -0.25) is 0 Å². The van der Waals surface area contributed by atoms with Gasteiger partial charge in [-0.2, -0.15) is 0 Å². The van der Waals surface area contributed by atoms with Crippen LogP contribution in [-0.2, 0) is 6.42 Å². The molecule has 2 aromatic rings. The summed E-state index contributed by atoms with van der Waals surface area (Å²) in [7, 11) is 6.15. The van der Waals surface area contributed by atoms with Crippen molar-refractivity contribution in [1.82, 2.24) is 10.2 Å². The minimum absolute atomic E-state index is 0.0708. The van der Waals surface area contributed by atoms with Crippen LogP contribution in [0.5, 0.6) is 0 Å². The number of nitrogens with one attached hydrogen (secondary N) is 2. The average molecular weight is 370 g/mol. The van der Waals surface area contributed by atoms with Gasteiger partial charge in [0.15, 0.2) is 0 Å². The molecule has 0 aliphatic carbocycles. The number of carbonyl (C=O) groups excluding carboxylic acids is 1. The van der Waals surface area contributed by atoms with Crippen molar-refractivity contribution >= 4 is 17.4 Å². The SMILES string of the molecule is CN1CCCc2cc([C@@H](CNC(=O)Nc3ccc(F)cc3)N(C)C)ccc21. The molecule has 1 heterocycles. The third kappa shape index (κ3) is 4.77. The third-order valence-electron chi connectivity index (χ3n) is 5.02.